The van der Waals surface area contributed by atoms with E-state index in [1.165, 1.54) is 0 Å². The number of carbonyl (C=O) groups is 1. The summed E-state index contributed by atoms with van der Waals surface area (Å²) >= 11 is 0. The largest absolute Gasteiger partial charge is 0.480 e. The van der Waals surface area contributed by atoms with Crippen molar-refractivity contribution in [3.63, 3.8) is 0 Å². The van der Waals surface area contributed by atoms with Crippen LogP contribution >= 0.6 is 0 Å². The summed E-state index contributed by atoms with van der Waals surface area (Å²) in [6, 6.07) is 2.82. The standard InChI is InChI=1S/C15H18F5NO2/c1-9(2)7-12(13(22)23)21-8-10-3-5-11(6-4-10)14(16,17)15(18,19)20/h3-6,9,12,21H,7-8H2,1-2H3,(H,22,23)/t12-/m0/s1. The monoisotopic (exact) mass is 339 g/mol. The molecular weight excluding hydrogens is 321 g/mol. The molecule has 23 heavy (non-hydrogen) atoms. The molecule has 0 aliphatic rings. The summed E-state index contributed by atoms with van der Waals surface area (Å²) in [5, 5.41) is 11.8. The van der Waals surface area contributed by atoms with Gasteiger partial charge in [-0.3, -0.25) is 4.79 Å². The van der Waals surface area contributed by atoms with Gasteiger partial charge in [-0.15, -0.1) is 0 Å². The zero-order valence-corrected chi connectivity index (χ0v) is 12.6. The molecule has 0 amide bonds. The Morgan fingerprint density at radius 1 is 1.13 bits per heavy atom. The van der Waals surface area contributed by atoms with Gasteiger partial charge in [-0.25, -0.2) is 0 Å². The highest BCUT2D eigenvalue weighted by Gasteiger charge is 2.58. The average molecular weight is 339 g/mol. The predicted octanol–water partition coefficient (Wildman–Crippen LogP) is 3.93. The van der Waals surface area contributed by atoms with E-state index >= 15 is 0 Å². The van der Waals surface area contributed by atoms with Gasteiger partial charge in [0, 0.05) is 12.1 Å². The smallest absolute Gasteiger partial charge is 0.458 e. The van der Waals surface area contributed by atoms with Gasteiger partial charge in [-0.1, -0.05) is 38.1 Å². The quantitative estimate of drug-likeness (QED) is 0.740. The van der Waals surface area contributed by atoms with Crippen molar-refractivity contribution >= 4 is 5.97 Å². The Balaban J connectivity index is 2.76. The van der Waals surface area contributed by atoms with Crippen LogP contribution in [0.1, 0.15) is 31.4 Å². The van der Waals surface area contributed by atoms with Crippen molar-refractivity contribution in [3.05, 3.63) is 35.4 Å². The first-order chi connectivity index (χ1) is 10.4. The van der Waals surface area contributed by atoms with Crippen LogP contribution in [0.3, 0.4) is 0 Å². The first-order valence-corrected chi connectivity index (χ1v) is 6.95. The van der Waals surface area contributed by atoms with E-state index in [-0.39, 0.29) is 12.5 Å². The van der Waals surface area contributed by atoms with E-state index in [1.807, 2.05) is 13.8 Å². The van der Waals surface area contributed by atoms with Crippen LogP contribution in [-0.4, -0.2) is 23.3 Å². The average Bonchev–Trinajstić information content (AvgIpc) is 2.42. The van der Waals surface area contributed by atoms with Crippen molar-refractivity contribution in [2.24, 2.45) is 5.92 Å². The maximum absolute atomic E-state index is 13.1. The number of carboxylic acids is 1. The lowest BCUT2D eigenvalue weighted by atomic mass is 10.0. The fourth-order valence-corrected chi connectivity index (χ4v) is 1.98. The van der Waals surface area contributed by atoms with Gasteiger partial charge in [0.15, 0.2) is 0 Å². The molecule has 1 atom stereocenters. The summed E-state index contributed by atoms with van der Waals surface area (Å²) in [5.74, 6) is -5.82. The van der Waals surface area contributed by atoms with Crippen molar-refractivity contribution in [2.45, 2.75) is 45.0 Å². The second kappa shape index (κ2) is 7.25. The minimum atomic E-state index is -5.65. The highest BCUT2D eigenvalue weighted by atomic mass is 19.4. The molecule has 1 aromatic carbocycles. The van der Waals surface area contributed by atoms with Crippen molar-refractivity contribution in [3.8, 4) is 0 Å². The first-order valence-electron chi connectivity index (χ1n) is 6.95. The topological polar surface area (TPSA) is 49.3 Å². The summed E-state index contributed by atoms with van der Waals surface area (Å²) < 4.78 is 63.0. The van der Waals surface area contributed by atoms with E-state index in [0.29, 0.717) is 24.1 Å². The van der Waals surface area contributed by atoms with Gasteiger partial charge in [0.2, 0.25) is 0 Å². The van der Waals surface area contributed by atoms with Crippen LogP contribution in [0.15, 0.2) is 24.3 Å². The summed E-state index contributed by atoms with van der Waals surface area (Å²) in [5.41, 5.74) is -0.729. The van der Waals surface area contributed by atoms with Crippen LogP contribution in [0, 0.1) is 5.92 Å². The zero-order chi connectivity index (χ0) is 17.8. The molecule has 0 saturated heterocycles. The number of rotatable bonds is 7. The molecule has 8 heteroatoms. The molecule has 0 saturated carbocycles. The summed E-state index contributed by atoms with van der Waals surface area (Å²) in [6.45, 7) is 3.76. The van der Waals surface area contributed by atoms with Crippen LogP contribution < -0.4 is 5.32 Å². The molecular formula is C15H18F5NO2. The highest BCUT2D eigenvalue weighted by molar-refractivity contribution is 5.73. The lowest BCUT2D eigenvalue weighted by Gasteiger charge is -2.20. The van der Waals surface area contributed by atoms with Crippen LogP contribution in [-0.2, 0) is 17.3 Å². The normalized spacial score (nSPS) is 14.1. The minimum absolute atomic E-state index is 0.0571. The Labute approximate surface area is 130 Å². The van der Waals surface area contributed by atoms with Gasteiger partial charge in [0.1, 0.15) is 6.04 Å². The summed E-state index contributed by atoms with van der Waals surface area (Å²) in [7, 11) is 0. The first kappa shape index (κ1) is 19.3. The fraction of sp³-hybridized carbons (Fsp3) is 0.533. The fourth-order valence-electron chi connectivity index (χ4n) is 1.98. The van der Waals surface area contributed by atoms with Crippen LogP contribution in [0.2, 0.25) is 0 Å². The Bertz CT molecular complexity index is 526. The number of carboxylic acid groups (broad SMARTS) is 1. The minimum Gasteiger partial charge on any atom is -0.480 e. The third-order valence-corrected chi connectivity index (χ3v) is 3.23. The second-order valence-corrected chi connectivity index (χ2v) is 5.67. The van der Waals surface area contributed by atoms with Crippen LogP contribution in [0.4, 0.5) is 22.0 Å². The number of halogens is 5. The van der Waals surface area contributed by atoms with Crippen molar-refractivity contribution in [1.82, 2.24) is 5.32 Å². The second-order valence-electron chi connectivity index (χ2n) is 5.67. The lowest BCUT2D eigenvalue weighted by molar-refractivity contribution is -0.289. The molecule has 0 radical (unpaired) electrons. The summed E-state index contributed by atoms with van der Waals surface area (Å²) in [4.78, 5) is 11.1. The third kappa shape index (κ3) is 5.16. The van der Waals surface area contributed by atoms with Crippen molar-refractivity contribution < 1.29 is 31.9 Å². The van der Waals surface area contributed by atoms with E-state index in [4.69, 9.17) is 5.11 Å². The molecule has 0 spiro atoms. The maximum atomic E-state index is 13.1. The molecule has 0 fully saturated rings. The molecule has 1 rings (SSSR count). The number of alkyl halides is 5. The van der Waals surface area contributed by atoms with E-state index < -0.39 is 29.7 Å². The lowest BCUT2D eigenvalue weighted by Crippen LogP contribution is -2.37. The third-order valence-electron chi connectivity index (χ3n) is 3.23. The Morgan fingerprint density at radius 2 is 1.65 bits per heavy atom. The number of nitrogens with one attached hydrogen (secondary N) is 1. The van der Waals surface area contributed by atoms with Gasteiger partial charge >= 0.3 is 18.1 Å². The van der Waals surface area contributed by atoms with E-state index in [2.05, 4.69) is 5.32 Å². The Morgan fingerprint density at radius 3 is 2.04 bits per heavy atom. The summed E-state index contributed by atoms with van der Waals surface area (Å²) in [6.07, 6.45) is -5.28. The van der Waals surface area contributed by atoms with Crippen LogP contribution in [0.25, 0.3) is 0 Å². The predicted molar refractivity (Wildman–Crippen MR) is 74.1 cm³/mol. The van der Waals surface area contributed by atoms with Gasteiger partial charge in [-0.05, 0) is 17.9 Å². The number of hydrogen-bond donors (Lipinski definition) is 2. The Hall–Kier alpha value is -1.70. The number of hydrogen-bond acceptors (Lipinski definition) is 2. The molecule has 0 heterocycles. The molecule has 0 bridgehead atoms. The van der Waals surface area contributed by atoms with Crippen LogP contribution in [0.5, 0.6) is 0 Å². The molecule has 0 aromatic heterocycles. The number of benzene rings is 1. The van der Waals surface area contributed by atoms with E-state index in [0.717, 1.165) is 12.1 Å². The maximum Gasteiger partial charge on any atom is 0.458 e. The molecule has 0 unspecified atom stereocenters. The molecule has 0 aliphatic carbocycles. The molecule has 3 nitrogen and oxygen atoms in total. The van der Waals surface area contributed by atoms with Gasteiger partial charge in [0.25, 0.3) is 0 Å². The highest BCUT2D eigenvalue weighted by Crippen LogP contribution is 2.43. The van der Waals surface area contributed by atoms with Crippen molar-refractivity contribution in [2.75, 3.05) is 0 Å². The van der Waals surface area contributed by atoms with E-state index in [1.54, 1.807) is 0 Å². The van der Waals surface area contributed by atoms with Gasteiger partial charge < -0.3 is 10.4 Å². The van der Waals surface area contributed by atoms with Gasteiger partial charge in [-0.2, -0.15) is 22.0 Å². The number of aliphatic carboxylic acids is 1. The van der Waals surface area contributed by atoms with E-state index in [9.17, 15) is 26.7 Å². The zero-order valence-electron chi connectivity index (χ0n) is 12.6. The molecule has 2 N–H and O–H groups in total. The van der Waals surface area contributed by atoms with Crippen molar-refractivity contribution in [1.29, 1.82) is 0 Å². The SMILES string of the molecule is CC(C)C[C@H](NCc1ccc(C(F)(F)C(F)(F)F)cc1)C(=O)O. The van der Waals surface area contributed by atoms with Gasteiger partial charge in [0.05, 0.1) is 0 Å². The molecule has 0 aliphatic heterocycles. The Kier molecular flexibility index (Phi) is 6.10. The molecule has 1 aromatic rings. The molecule has 130 valence electrons.